The molecule has 3 saturated carbocycles. The van der Waals surface area contributed by atoms with Gasteiger partial charge in [0.1, 0.15) is 0 Å². The van der Waals surface area contributed by atoms with Crippen molar-refractivity contribution < 1.29 is 0 Å². The van der Waals surface area contributed by atoms with Gasteiger partial charge < -0.3 is 15.6 Å². The van der Waals surface area contributed by atoms with Crippen LogP contribution in [-0.4, -0.2) is 35.8 Å². The van der Waals surface area contributed by atoms with Crippen molar-refractivity contribution in [3.8, 4) is 0 Å². The molecule has 3 nitrogen and oxygen atoms in total. The first-order valence-electron chi connectivity index (χ1n) is 16.1. The maximum atomic E-state index is 8.26. The molecule has 0 aromatic heterocycles. The van der Waals surface area contributed by atoms with E-state index in [1.807, 2.05) is 20.0 Å². The van der Waals surface area contributed by atoms with Gasteiger partial charge in [0.15, 0.2) is 0 Å². The molecule has 1 heterocycles. The maximum absolute atomic E-state index is 8.26. The molecule has 0 aromatic carbocycles. The fourth-order valence-electron chi connectivity index (χ4n) is 9.23. The summed E-state index contributed by atoms with van der Waals surface area (Å²) in [4.78, 5) is 2.31. The summed E-state index contributed by atoms with van der Waals surface area (Å²) in [6.45, 7) is 28.3. The smallest absolute Gasteiger partial charge is 0.0331 e. The number of allylic oxidation sites excluding steroid dienone is 3. The molecular formula is C35H61N3. The van der Waals surface area contributed by atoms with Gasteiger partial charge in [0.05, 0.1) is 0 Å². The average molecular weight is 524 g/mol. The first-order valence-corrected chi connectivity index (χ1v) is 16.1. The molecule has 38 heavy (non-hydrogen) atoms. The van der Waals surface area contributed by atoms with Crippen LogP contribution in [0.1, 0.15) is 113 Å². The van der Waals surface area contributed by atoms with E-state index in [9.17, 15) is 0 Å². The highest BCUT2D eigenvalue weighted by Crippen LogP contribution is 2.66. The Morgan fingerprint density at radius 3 is 2.39 bits per heavy atom. The molecule has 4 fully saturated rings. The van der Waals surface area contributed by atoms with Crippen molar-refractivity contribution in [1.82, 2.24) is 10.2 Å². The lowest BCUT2D eigenvalue weighted by Gasteiger charge is -2.58. The summed E-state index contributed by atoms with van der Waals surface area (Å²) in [5, 5.41) is 11.8. The highest BCUT2D eigenvalue weighted by molar-refractivity contribution is 5.82. The highest BCUT2D eigenvalue weighted by atomic mass is 15.2. The molecule has 5 aliphatic rings. The summed E-state index contributed by atoms with van der Waals surface area (Å²) in [6, 6.07) is 1.22. The molecule has 8 atom stereocenters. The molecule has 4 aliphatic carbocycles. The van der Waals surface area contributed by atoms with Crippen LogP contribution in [0.2, 0.25) is 0 Å². The van der Waals surface area contributed by atoms with Gasteiger partial charge in [-0.1, -0.05) is 65.0 Å². The number of nitrogens with one attached hydrogen (secondary N) is 2. The zero-order chi connectivity index (χ0) is 28.3. The number of hydrogen-bond acceptors (Lipinski definition) is 3. The molecule has 0 bridgehead atoms. The Morgan fingerprint density at radius 1 is 1.11 bits per heavy atom. The largest absolute Gasteiger partial charge is 0.374 e. The second-order valence-electron chi connectivity index (χ2n) is 13.8. The summed E-state index contributed by atoms with van der Waals surface area (Å²) in [6.07, 6.45) is 16.3. The Labute approximate surface area is 236 Å². The van der Waals surface area contributed by atoms with E-state index in [1.54, 1.807) is 5.57 Å². The standard InChI is InChI=1S/C22H33N.C11H22N2.C2H6/c1-14-9-11-21(3)16(13-14)5-6-17-19-8-7-18(15(2)23)22(19,4)12-10-20(17)21;1-5-13(9(2)3)8-11-10(4)6-7-12-11;1-2/h13,17-20,23H,1,5-12H2,2-4H3;5,9-12H,1,6-8H2,2-4H3;1-2H3. The van der Waals surface area contributed by atoms with Crippen LogP contribution in [0.5, 0.6) is 0 Å². The molecule has 0 aromatic rings. The SMILES string of the molecule is C=C1C=C2CCC3C(CCC4(C)C(C(C)=N)CCC34)C2(C)CC1.C=CN(CC1NCCC1C)C(C)C.CC. The number of rotatable bonds is 5. The molecule has 3 heteroatoms. The molecule has 0 amide bonds. The molecule has 0 radical (unpaired) electrons. The lowest BCUT2D eigenvalue weighted by molar-refractivity contribution is -0.0417. The fraction of sp³-hybridized carbons (Fsp3) is 0.800. The minimum absolute atomic E-state index is 0.419. The summed E-state index contributed by atoms with van der Waals surface area (Å²) in [7, 11) is 0. The Morgan fingerprint density at radius 2 is 1.82 bits per heavy atom. The molecule has 216 valence electrons. The van der Waals surface area contributed by atoms with E-state index in [1.165, 1.54) is 69.9 Å². The van der Waals surface area contributed by atoms with E-state index in [2.05, 4.69) is 71.0 Å². The van der Waals surface area contributed by atoms with Crippen molar-refractivity contribution in [2.75, 3.05) is 13.1 Å². The molecule has 1 aliphatic heterocycles. The maximum Gasteiger partial charge on any atom is 0.0331 e. The molecular weight excluding hydrogens is 462 g/mol. The molecule has 1 saturated heterocycles. The number of nitrogens with zero attached hydrogens (tertiary/aromatic N) is 1. The molecule has 8 unspecified atom stereocenters. The van der Waals surface area contributed by atoms with Crippen molar-refractivity contribution in [3.63, 3.8) is 0 Å². The van der Waals surface area contributed by atoms with E-state index in [4.69, 9.17) is 5.41 Å². The summed E-state index contributed by atoms with van der Waals surface area (Å²) < 4.78 is 0. The predicted molar refractivity (Wildman–Crippen MR) is 167 cm³/mol. The van der Waals surface area contributed by atoms with Crippen LogP contribution in [0.25, 0.3) is 0 Å². The average Bonchev–Trinajstić information content (AvgIpc) is 3.46. The Balaban J connectivity index is 0.000000228. The van der Waals surface area contributed by atoms with Crippen LogP contribution in [0.4, 0.5) is 0 Å². The van der Waals surface area contributed by atoms with Gasteiger partial charge >= 0.3 is 0 Å². The quantitative estimate of drug-likeness (QED) is 0.353. The minimum Gasteiger partial charge on any atom is -0.374 e. The third-order valence-electron chi connectivity index (χ3n) is 11.6. The summed E-state index contributed by atoms with van der Waals surface area (Å²) >= 11 is 0. The Hall–Kier alpha value is -1.35. The summed E-state index contributed by atoms with van der Waals surface area (Å²) in [5.41, 5.74) is 4.89. The fourth-order valence-corrected chi connectivity index (χ4v) is 9.23. The second kappa shape index (κ2) is 12.9. The van der Waals surface area contributed by atoms with Crippen LogP contribution in [0, 0.1) is 45.8 Å². The zero-order valence-corrected chi connectivity index (χ0v) is 26.3. The third kappa shape index (κ3) is 6.03. The van der Waals surface area contributed by atoms with Crippen LogP contribution in [-0.2, 0) is 0 Å². The van der Waals surface area contributed by atoms with Gasteiger partial charge in [-0.2, -0.15) is 0 Å². The van der Waals surface area contributed by atoms with Crippen molar-refractivity contribution in [2.45, 2.75) is 125 Å². The van der Waals surface area contributed by atoms with Gasteiger partial charge in [-0.3, -0.25) is 0 Å². The van der Waals surface area contributed by atoms with Crippen molar-refractivity contribution >= 4 is 5.71 Å². The lowest BCUT2D eigenvalue weighted by Crippen LogP contribution is -2.50. The second-order valence-corrected chi connectivity index (χ2v) is 13.8. The topological polar surface area (TPSA) is 39.1 Å². The van der Waals surface area contributed by atoms with Crippen LogP contribution in [0.3, 0.4) is 0 Å². The monoisotopic (exact) mass is 523 g/mol. The van der Waals surface area contributed by atoms with Crippen molar-refractivity contribution in [3.05, 3.63) is 36.6 Å². The molecule has 2 N–H and O–H groups in total. The van der Waals surface area contributed by atoms with Gasteiger partial charge in [-0.05, 0) is 126 Å². The lowest BCUT2D eigenvalue weighted by atomic mass is 9.46. The van der Waals surface area contributed by atoms with E-state index in [-0.39, 0.29) is 0 Å². The van der Waals surface area contributed by atoms with E-state index in [0.717, 1.165) is 35.9 Å². The summed E-state index contributed by atoms with van der Waals surface area (Å²) in [5.74, 6) is 4.03. The van der Waals surface area contributed by atoms with Gasteiger partial charge in [0, 0.05) is 30.3 Å². The van der Waals surface area contributed by atoms with Crippen LogP contribution in [0.15, 0.2) is 36.6 Å². The molecule has 0 spiro atoms. The molecule has 5 rings (SSSR count). The predicted octanol–water partition coefficient (Wildman–Crippen LogP) is 9.03. The third-order valence-corrected chi connectivity index (χ3v) is 11.6. The van der Waals surface area contributed by atoms with Gasteiger partial charge in [-0.25, -0.2) is 0 Å². The normalized spacial score (nSPS) is 39.4. The number of hydrogen-bond donors (Lipinski definition) is 2. The van der Waals surface area contributed by atoms with Crippen LogP contribution >= 0.6 is 0 Å². The minimum atomic E-state index is 0.419. The Bertz CT molecular complexity index is 870. The number of fused-ring (bicyclic) bond motifs is 5. The van der Waals surface area contributed by atoms with Gasteiger partial charge in [0.2, 0.25) is 0 Å². The van der Waals surface area contributed by atoms with Crippen LogP contribution < -0.4 is 5.32 Å². The Kier molecular flexibility index (Phi) is 10.6. The van der Waals surface area contributed by atoms with Gasteiger partial charge in [0.25, 0.3) is 0 Å². The van der Waals surface area contributed by atoms with E-state index < -0.39 is 0 Å². The van der Waals surface area contributed by atoms with Crippen molar-refractivity contribution in [2.24, 2.45) is 40.4 Å². The first-order chi connectivity index (χ1) is 18.0. The first kappa shape index (κ1) is 31.2. The zero-order valence-electron chi connectivity index (χ0n) is 26.3. The van der Waals surface area contributed by atoms with Gasteiger partial charge in [-0.15, -0.1) is 0 Å². The highest BCUT2D eigenvalue weighted by Gasteiger charge is 2.58. The van der Waals surface area contributed by atoms with Crippen molar-refractivity contribution in [1.29, 1.82) is 5.41 Å². The van der Waals surface area contributed by atoms with E-state index >= 15 is 0 Å². The van der Waals surface area contributed by atoms with E-state index in [0.29, 0.717) is 28.8 Å².